The average Bonchev–Trinajstić information content (AvgIpc) is 2.88. The Morgan fingerprint density at radius 3 is 2.89 bits per heavy atom. The SMILES string of the molecule is COCC1CCN(C(=O)C(N)Cc2ccccc2)C1. The lowest BCUT2D eigenvalue weighted by Crippen LogP contribution is -2.44. The van der Waals surface area contributed by atoms with Gasteiger partial charge in [-0.1, -0.05) is 30.3 Å². The van der Waals surface area contributed by atoms with Crippen LogP contribution in [0, 0.1) is 5.92 Å². The minimum absolute atomic E-state index is 0.0578. The van der Waals surface area contributed by atoms with E-state index < -0.39 is 6.04 Å². The number of hydrogen-bond donors (Lipinski definition) is 1. The standard InChI is InChI=1S/C15H22N2O2/c1-19-11-13-7-8-17(10-13)15(18)14(16)9-12-5-3-2-4-6-12/h2-6,13-14H,7-11,16H2,1H3. The molecular weight excluding hydrogens is 240 g/mol. The van der Waals surface area contributed by atoms with Crippen LogP contribution in [0.25, 0.3) is 0 Å². The van der Waals surface area contributed by atoms with Crippen LogP contribution in [0.5, 0.6) is 0 Å². The third-order valence-electron chi connectivity index (χ3n) is 3.62. The number of nitrogens with two attached hydrogens (primary N) is 1. The molecule has 2 atom stereocenters. The summed E-state index contributed by atoms with van der Waals surface area (Å²) in [6, 6.07) is 9.47. The van der Waals surface area contributed by atoms with Gasteiger partial charge < -0.3 is 15.4 Å². The summed E-state index contributed by atoms with van der Waals surface area (Å²) in [5.74, 6) is 0.514. The van der Waals surface area contributed by atoms with Crippen LogP contribution in [-0.2, 0) is 16.0 Å². The van der Waals surface area contributed by atoms with E-state index in [9.17, 15) is 4.79 Å². The van der Waals surface area contributed by atoms with Crippen LogP contribution in [-0.4, -0.2) is 43.7 Å². The van der Waals surface area contributed by atoms with Crippen molar-refractivity contribution in [3.8, 4) is 0 Å². The summed E-state index contributed by atoms with van der Waals surface area (Å²) in [6.45, 7) is 2.29. The topological polar surface area (TPSA) is 55.6 Å². The molecule has 19 heavy (non-hydrogen) atoms. The molecule has 0 aliphatic carbocycles. The molecule has 2 N–H and O–H groups in total. The highest BCUT2D eigenvalue weighted by molar-refractivity contribution is 5.82. The fourth-order valence-electron chi connectivity index (χ4n) is 2.59. The van der Waals surface area contributed by atoms with Crippen LogP contribution in [0.1, 0.15) is 12.0 Å². The molecule has 1 aromatic carbocycles. The number of ether oxygens (including phenoxy) is 1. The van der Waals surface area contributed by atoms with Crippen molar-refractivity contribution >= 4 is 5.91 Å². The molecule has 104 valence electrons. The molecule has 2 unspecified atom stereocenters. The number of likely N-dealkylation sites (tertiary alicyclic amines) is 1. The van der Waals surface area contributed by atoms with Crippen LogP contribution in [0.4, 0.5) is 0 Å². The van der Waals surface area contributed by atoms with Crippen molar-refractivity contribution in [2.24, 2.45) is 11.7 Å². The summed E-state index contributed by atoms with van der Waals surface area (Å²) in [6.07, 6.45) is 1.61. The van der Waals surface area contributed by atoms with Gasteiger partial charge in [0.25, 0.3) is 0 Å². The van der Waals surface area contributed by atoms with Crippen LogP contribution >= 0.6 is 0 Å². The Morgan fingerprint density at radius 2 is 2.21 bits per heavy atom. The van der Waals surface area contributed by atoms with Gasteiger partial charge in [0.05, 0.1) is 12.6 Å². The average molecular weight is 262 g/mol. The van der Waals surface area contributed by atoms with Crippen LogP contribution in [0.3, 0.4) is 0 Å². The summed E-state index contributed by atoms with van der Waals surface area (Å²) < 4.78 is 5.14. The van der Waals surface area contributed by atoms with Crippen molar-refractivity contribution in [3.05, 3.63) is 35.9 Å². The normalized spacial score (nSPS) is 20.5. The van der Waals surface area contributed by atoms with Crippen molar-refractivity contribution in [1.82, 2.24) is 4.90 Å². The van der Waals surface area contributed by atoms with Gasteiger partial charge in [-0.05, 0) is 18.4 Å². The molecule has 4 heteroatoms. The zero-order chi connectivity index (χ0) is 13.7. The second-order valence-corrected chi connectivity index (χ2v) is 5.19. The number of rotatable bonds is 5. The maximum absolute atomic E-state index is 12.3. The quantitative estimate of drug-likeness (QED) is 0.863. The molecule has 1 aliphatic heterocycles. The third kappa shape index (κ3) is 3.78. The Balaban J connectivity index is 1.86. The van der Waals surface area contributed by atoms with Gasteiger partial charge in [0, 0.05) is 26.1 Å². The summed E-state index contributed by atoms with van der Waals surface area (Å²) in [5, 5.41) is 0. The smallest absolute Gasteiger partial charge is 0.239 e. The van der Waals surface area contributed by atoms with E-state index in [2.05, 4.69) is 0 Å². The summed E-state index contributed by atoms with van der Waals surface area (Å²) in [7, 11) is 1.70. The molecule has 1 heterocycles. The predicted octanol–water partition coefficient (Wildman–Crippen LogP) is 1.05. The van der Waals surface area contributed by atoms with Crippen LogP contribution < -0.4 is 5.73 Å². The number of carbonyl (C=O) groups excluding carboxylic acids is 1. The fraction of sp³-hybridized carbons (Fsp3) is 0.533. The summed E-state index contributed by atoms with van der Waals surface area (Å²) in [5.41, 5.74) is 7.13. The molecule has 2 rings (SSSR count). The first-order chi connectivity index (χ1) is 9.20. The summed E-state index contributed by atoms with van der Waals surface area (Å²) >= 11 is 0. The Labute approximate surface area is 114 Å². The number of carbonyl (C=O) groups is 1. The van der Waals surface area contributed by atoms with Gasteiger partial charge in [0.1, 0.15) is 0 Å². The number of benzene rings is 1. The Morgan fingerprint density at radius 1 is 1.47 bits per heavy atom. The number of amides is 1. The van der Waals surface area contributed by atoms with Crippen LogP contribution in [0.2, 0.25) is 0 Å². The van der Waals surface area contributed by atoms with Crippen LogP contribution in [0.15, 0.2) is 30.3 Å². The van der Waals surface area contributed by atoms with E-state index in [1.165, 1.54) is 0 Å². The second-order valence-electron chi connectivity index (χ2n) is 5.19. The van der Waals surface area contributed by atoms with E-state index in [4.69, 9.17) is 10.5 Å². The maximum atomic E-state index is 12.3. The highest BCUT2D eigenvalue weighted by Gasteiger charge is 2.29. The van der Waals surface area contributed by atoms with E-state index >= 15 is 0 Å². The van der Waals surface area contributed by atoms with Crippen molar-refractivity contribution in [2.45, 2.75) is 18.9 Å². The lowest BCUT2D eigenvalue weighted by atomic mass is 10.1. The van der Waals surface area contributed by atoms with Gasteiger partial charge in [0.15, 0.2) is 0 Å². The Bertz CT molecular complexity index is 408. The van der Waals surface area contributed by atoms with Crippen molar-refractivity contribution < 1.29 is 9.53 Å². The van der Waals surface area contributed by atoms with Gasteiger partial charge in [-0.2, -0.15) is 0 Å². The van der Waals surface area contributed by atoms with Crippen molar-refractivity contribution in [3.63, 3.8) is 0 Å². The van der Waals surface area contributed by atoms with E-state index in [0.717, 1.165) is 31.7 Å². The molecule has 1 aliphatic rings. The molecular formula is C15H22N2O2. The van der Waals surface area contributed by atoms with Gasteiger partial charge in [-0.15, -0.1) is 0 Å². The van der Waals surface area contributed by atoms with E-state index in [-0.39, 0.29) is 5.91 Å². The molecule has 0 spiro atoms. The largest absolute Gasteiger partial charge is 0.384 e. The van der Waals surface area contributed by atoms with Gasteiger partial charge in [-0.25, -0.2) is 0 Å². The highest BCUT2D eigenvalue weighted by atomic mass is 16.5. The molecule has 1 fully saturated rings. The van der Waals surface area contributed by atoms with E-state index in [0.29, 0.717) is 12.3 Å². The molecule has 0 bridgehead atoms. The molecule has 1 aromatic rings. The third-order valence-corrected chi connectivity index (χ3v) is 3.62. The summed E-state index contributed by atoms with van der Waals surface area (Å²) in [4.78, 5) is 14.1. The number of hydrogen-bond acceptors (Lipinski definition) is 3. The number of nitrogens with zero attached hydrogens (tertiary/aromatic N) is 1. The molecule has 1 saturated heterocycles. The molecule has 0 radical (unpaired) electrons. The second kappa shape index (κ2) is 6.68. The maximum Gasteiger partial charge on any atom is 0.239 e. The molecule has 4 nitrogen and oxygen atoms in total. The lowest BCUT2D eigenvalue weighted by Gasteiger charge is -2.21. The first kappa shape index (κ1) is 14.0. The predicted molar refractivity (Wildman–Crippen MR) is 74.7 cm³/mol. The molecule has 1 amide bonds. The van der Waals surface area contributed by atoms with Crippen molar-refractivity contribution in [2.75, 3.05) is 26.8 Å². The van der Waals surface area contributed by atoms with Gasteiger partial charge in [0.2, 0.25) is 5.91 Å². The van der Waals surface area contributed by atoms with Gasteiger partial charge in [-0.3, -0.25) is 4.79 Å². The molecule has 0 saturated carbocycles. The minimum atomic E-state index is -0.441. The lowest BCUT2D eigenvalue weighted by molar-refractivity contribution is -0.131. The number of methoxy groups -OCH3 is 1. The highest BCUT2D eigenvalue weighted by Crippen LogP contribution is 2.17. The van der Waals surface area contributed by atoms with Gasteiger partial charge >= 0.3 is 0 Å². The van der Waals surface area contributed by atoms with Crippen molar-refractivity contribution in [1.29, 1.82) is 0 Å². The zero-order valence-corrected chi connectivity index (χ0v) is 11.4. The Hall–Kier alpha value is -1.39. The fourth-order valence-corrected chi connectivity index (χ4v) is 2.59. The minimum Gasteiger partial charge on any atom is -0.384 e. The molecule has 0 aromatic heterocycles. The first-order valence-electron chi connectivity index (χ1n) is 6.78. The van der Waals surface area contributed by atoms with E-state index in [1.54, 1.807) is 7.11 Å². The monoisotopic (exact) mass is 262 g/mol. The zero-order valence-electron chi connectivity index (χ0n) is 11.4. The van der Waals surface area contributed by atoms with E-state index in [1.807, 2.05) is 35.2 Å². The first-order valence-corrected chi connectivity index (χ1v) is 6.78. The Kier molecular flexibility index (Phi) is 4.93.